The Balaban J connectivity index is 0.000000199. The molecule has 0 aromatic heterocycles. The Morgan fingerprint density at radius 1 is 0.589 bits per heavy atom. The van der Waals surface area contributed by atoms with Crippen molar-refractivity contribution in [2.45, 2.75) is 175 Å². The van der Waals surface area contributed by atoms with Crippen LogP contribution in [0.5, 0.6) is 0 Å². The zero-order chi connectivity index (χ0) is 39.9. The van der Waals surface area contributed by atoms with E-state index in [0.29, 0.717) is 27.1 Å². The van der Waals surface area contributed by atoms with E-state index < -0.39 is 0 Å². The van der Waals surface area contributed by atoms with Gasteiger partial charge in [0.15, 0.2) is 0 Å². The van der Waals surface area contributed by atoms with Gasteiger partial charge in [-0.3, -0.25) is 0 Å². The molecule has 0 radical (unpaired) electrons. The zero-order valence-electron chi connectivity index (χ0n) is 39.0. The fourth-order valence-corrected chi connectivity index (χ4v) is 13.4. The average molecular weight is 787 g/mol. The molecule has 5 aliphatic heterocycles. The lowest BCUT2D eigenvalue weighted by atomic mass is 9.64. The van der Waals surface area contributed by atoms with Crippen molar-refractivity contribution in [1.29, 1.82) is 0 Å². The Labute approximate surface area is 352 Å². The van der Waals surface area contributed by atoms with E-state index in [0.717, 1.165) is 66.1 Å². The number of likely N-dealkylation sites (tertiary alicyclic amines) is 3. The van der Waals surface area contributed by atoms with Gasteiger partial charge in [0.25, 0.3) is 0 Å². The van der Waals surface area contributed by atoms with Crippen molar-refractivity contribution >= 4 is 0 Å². The summed E-state index contributed by atoms with van der Waals surface area (Å²) in [6.07, 6.45) is 16.1. The maximum absolute atomic E-state index is 5.68. The molecule has 6 unspecified atom stereocenters. The number of nitrogens with one attached hydrogen (secondary N) is 1. The van der Waals surface area contributed by atoms with Gasteiger partial charge >= 0.3 is 0 Å². The van der Waals surface area contributed by atoms with E-state index in [1.165, 1.54) is 116 Å². The van der Waals surface area contributed by atoms with Crippen LogP contribution in [0.25, 0.3) is 0 Å². The van der Waals surface area contributed by atoms with Gasteiger partial charge in [-0.2, -0.15) is 0 Å². The van der Waals surface area contributed by atoms with E-state index in [1.54, 1.807) is 0 Å². The molecular formula is C51H102N4O. The van der Waals surface area contributed by atoms with Crippen LogP contribution in [-0.4, -0.2) is 101 Å². The molecule has 1 N–H and O–H groups in total. The lowest BCUT2D eigenvalue weighted by molar-refractivity contribution is -0.112. The van der Waals surface area contributed by atoms with Crippen LogP contribution in [0.4, 0.5) is 0 Å². The third kappa shape index (κ3) is 13.4. The van der Waals surface area contributed by atoms with E-state index in [9.17, 15) is 0 Å². The van der Waals surface area contributed by atoms with Crippen molar-refractivity contribution in [2.75, 3.05) is 80.2 Å². The topological polar surface area (TPSA) is 31.0 Å². The highest BCUT2D eigenvalue weighted by atomic mass is 16.5. The molecular weight excluding hydrogens is 685 g/mol. The number of hydrogen-bond donors (Lipinski definition) is 1. The Hall–Kier alpha value is -0.200. The monoisotopic (exact) mass is 787 g/mol. The maximum atomic E-state index is 5.68. The predicted octanol–water partition coefficient (Wildman–Crippen LogP) is 11.9. The smallest absolute Gasteiger partial charge is 0.0509 e. The van der Waals surface area contributed by atoms with Gasteiger partial charge in [0, 0.05) is 38.8 Å². The largest absolute Gasteiger partial charge is 0.381 e. The van der Waals surface area contributed by atoms with E-state index in [2.05, 4.69) is 124 Å². The van der Waals surface area contributed by atoms with Crippen LogP contribution >= 0.6 is 0 Å². The number of nitrogens with zero attached hydrogens (tertiary/aromatic N) is 3. The lowest BCUT2D eigenvalue weighted by Gasteiger charge is -2.51. The summed E-state index contributed by atoms with van der Waals surface area (Å²) in [6.45, 7) is 39.6. The summed E-state index contributed by atoms with van der Waals surface area (Å²) in [6, 6.07) is 0.767. The first-order chi connectivity index (χ1) is 24.9. The summed E-state index contributed by atoms with van der Waals surface area (Å²) in [7, 11) is 6.76. The summed E-state index contributed by atoms with van der Waals surface area (Å²) < 4.78 is 5.68. The quantitative estimate of drug-likeness (QED) is 0.286. The van der Waals surface area contributed by atoms with Crippen molar-refractivity contribution < 1.29 is 4.74 Å². The van der Waals surface area contributed by atoms with Gasteiger partial charge in [0.2, 0.25) is 0 Å². The van der Waals surface area contributed by atoms with Crippen molar-refractivity contribution in [3.63, 3.8) is 0 Å². The lowest BCUT2D eigenvalue weighted by Crippen LogP contribution is -2.54. The second kappa shape index (κ2) is 19.2. The molecule has 332 valence electrons. The van der Waals surface area contributed by atoms with Crippen molar-refractivity contribution in [1.82, 2.24) is 20.0 Å². The van der Waals surface area contributed by atoms with Gasteiger partial charge in [-0.25, -0.2) is 0 Å². The van der Waals surface area contributed by atoms with Crippen molar-refractivity contribution in [3.8, 4) is 0 Å². The Morgan fingerprint density at radius 2 is 1.07 bits per heavy atom. The highest BCUT2D eigenvalue weighted by molar-refractivity contribution is 5.08. The first kappa shape index (κ1) is 50.2. The van der Waals surface area contributed by atoms with Gasteiger partial charge in [-0.15, -0.1) is 0 Å². The third-order valence-electron chi connectivity index (χ3n) is 16.1. The predicted molar refractivity (Wildman–Crippen MR) is 246 cm³/mol. The molecule has 0 amide bonds. The van der Waals surface area contributed by atoms with E-state index in [-0.39, 0.29) is 14.9 Å². The van der Waals surface area contributed by atoms with Gasteiger partial charge < -0.3 is 24.8 Å². The SMILES string of the molecule is C.C.CC(C)(C)C1CC12CCCC2.CN1CC2CC(C(C)(C)C)CC2C1.CN1CC2COCC(C1)C2C(C)(C)C.CN1CCC2(CC1)CNC(CC(C)(C)C)C2. The molecule has 8 rings (SSSR count). The molecule has 5 saturated heterocycles. The number of ether oxygens (including phenoxy) is 1. The minimum absolute atomic E-state index is 0. The third-order valence-corrected chi connectivity index (χ3v) is 16.1. The second-order valence-electron chi connectivity index (χ2n) is 25.5. The molecule has 5 heterocycles. The fourth-order valence-electron chi connectivity index (χ4n) is 13.4. The fraction of sp³-hybridized carbons (Fsp3) is 1.00. The van der Waals surface area contributed by atoms with Crippen LogP contribution in [0.3, 0.4) is 0 Å². The average Bonchev–Trinajstić information content (AvgIpc) is 3.41. The first-order valence-corrected chi connectivity index (χ1v) is 23.2. The standard InChI is InChI=1S/C14H28N2.C12H23NO.C12H23N.C11H20.2CH4/c1-13(2,3)9-12-10-14(11-15-12)5-7-16(4)8-6-14;1-12(2,3)11-9-5-13(4)6-10(11)8-14-7-9;1-12(2,3)11-5-9-7-13(4)8-10(9)6-11;1-10(2,3)9-8-11(9)6-4-5-7-11;;/h12,15H,5-11H2,1-4H3;9-11H,5-8H2,1-4H3;9-11H,5-8H2,1-4H3;9H,4-8H2,1-3H3;2*1H4. The molecule has 6 atom stereocenters. The van der Waals surface area contributed by atoms with Gasteiger partial charge in [0.05, 0.1) is 13.2 Å². The zero-order valence-corrected chi connectivity index (χ0v) is 39.0. The number of fused-ring (bicyclic) bond motifs is 3. The molecule has 0 aromatic rings. The summed E-state index contributed by atoms with van der Waals surface area (Å²) in [4.78, 5) is 7.46. The molecule has 3 aliphatic carbocycles. The second-order valence-corrected chi connectivity index (χ2v) is 25.5. The summed E-state index contributed by atoms with van der Waals surface area (Å²) >= 11 is 0. The molecule has 56 heavy (non-hydrogen) atoms. The van der Waals surface area contributed by atoms with E-state index in [4.69, 9.17) is 4.74 Å². The van der Waals surface area contributed by atoms with E-state index in [1.807, 2.05) is 0 Å². The van der Waals surface area contributed by atoms with E-state index >= 15 is 0 Å². The number of rotatable bonds is 1. The molecule has 5 nitrogen and oxygen atoms in total. The molecule has 2 spiro atoms. The molecule has 8 fully saturated rings. The summed E-state index contributed by atoms with van der Waals surface area (Å²) in [5.41, 5.74) is 3.53. The maximum Gasteiger partial charge on any atom is 0.0509 e. The van der Waals surface area contributed by atoms with Gasteiger partial charge in [-0.05, 0) is 166 Å². The Bertz CT molecular complexity index is 1130. The van der Waals surface area contributed by atoms with Crippen molar-refractivity contribution in [2.24, 2.45) is 73.9 Å². The van der Waals surface area contributed by atoms with Crippen LogP contribution in [0.15, 0.2) is 0 Å². The van der Waals surface area contributed by atoms with Crippen LogP contribution in [0.2, 0.25) is 0 Å². The normalized spacial score (nSPS) is 35.2. The summed E-state index contributed by atoms with van der Waals surface area (Å²) in [5.74, 6) is 6.45. The molecule has 5 heteroatoms. The number of hydrogen-bond acceptors (Lipinski definition) is 5. The molecule has 8 aliphatic rings. The van der Waals surface area contributed by atoms with Gasteiger partial charge in [0.1, 0.15) is 0 Å². The first-order valence-electron chi connectivity index (χ1n) is 23.2. The van der Waals surface area contributed by atoms with Crippen LogP contribution in [0.1, 0.15) is 169 Å². The van der Waals surface area contributed by atoms with Crippen LogP contribution in [0, 0.1) is 73.9 Å². The number of piperidine rings is 2. The van der Waals surface area contributed by atoms with Crippen molar-refractivity contribution in [3.05, 3.63) is 0 Å². The van der Waals surface area contributed by atoms with Crippen LogP contribution < -0.4 is 5.32 Å². The highest BCUT2D eigenvalue weighted by Crippen LogP contribution is 2.68. The van der Waals surface area contributed by atoms with Gasteiger partial charge in [-0.1, -0.05) is 111 Å². The van der Waals surface area contributed by atoms with Crippen LogP contribution in [-0.2, 0) is 4.74 Å². The Morgan fingerprint density at radius 3 is 1.48 bits per heavy atom. The highest BCUT2D eigenvalue weighted by Gasteiger charge is 2.59. The molecule has 0 aromatic carbocycles. The minimum Gasteiger partial charge on any atom is -0.381 e. The summed E-state index contributed by atoms with van der Waals surface area (Å²) in [5, 5.41) is 3.77. The molecule has 2 bridgehead atoms. The Kier molecular flexibility index (Phi) is 17.2. The molecule has 3 saturated carbocycles. The minimum atomic E-state index is 0.